The fourth-order valence-electron chi connectivity index (χ4n) is 0. The van der Waals surface area contributed by atoms with Gasteiger partial charge in [0.25, 0.3) is 0 Å². The summed E-state index contributed by atoms with van der Waals surface area (Å²) in [5, 5.41) is 8.63. The van der Waals surface area contributed by atoms with E-state index in [1.54, 1.807) is 0 Å². The minimum absolute atomic E-state index is 0. The molecule has 0 aliphatic carbocycles. The average molecular weight is 189 g/mol. The zero-order chi connectivity index (χ0) is 2.71. The second-order valence-corrected chi connectivity index (χ2v) is 0.300. The molecule has 9 heavy (non-hydrogen) atoms. The van der Waals surface area contributed by atoms with E-state index < -0.39 is 0 Å². The molecule has 0 aromatic rings. The van der Waals surface area contributed by atoms with Crippen molar-refractivity contribution in [3.63, 3.8) is 0 Å². The summed E-state index contributed by atoms with van der Waals surface area (Å²) in [5.74, 6) is 0. The van der Waals surface area contributed by atoms with Crippen LogP contribution in [0.3, 0.4) is 0 Å². The Hall–Kier alpha value is 1.28. The van der Waals surface area contributed by atoms with Crippen molar-refractivity contribution in [2.45, 2.75) is 0 Å². The third-order valence-electron chi connectivity index (χ3n) is 0. The van der Waals surface area contributed by atoms with Crippen molar-refractivity contribution in [1.82, 2.24) is 0 Å². The maximum atomic E-state index is 7.18. The van der Waals surface area contributed by atoms with E-state index >= 15 is 0 Å². The van der Waals surface area contributed by atoms with Gasteiger partial charge >= 0.3 is 51.4 Å². The summed E-state index contributed by atoms with van der Waals surface area (Å²) in [6.07, 6.45) is 0. The number of nitriles is 1. The number of nitrogens with zero attached hydrogens (tertiary/aromatic N) is 1. The standard InChI is InChI=1S/CHNS.K.5H2O.H/c2-1-3;;;;;;;/h3H;;5*1H2;. The third-order valence-corrected chi connectivity index (χ3v) is 0. The molecule has 0 atom stereocenters. The van der Waals surface area contributed by atoms with Crippen molar-refractivity contribution >= 4 is 64.0 Å². The molecule has 0 radical (unpaired) electrons. The van der Waals surface area contributed by atoms with Gasteiger partial charge in [-0.2, -0.15) is 5.26 Å². The molecule has 0 aromatic carbocycles. The quantitative estimate of drug-likeness (QED) is 0.225. The molecule has 0 amide bonds. The molecule has 0 heterocycles. The van der Waals surface area contributed by atoms with E-state index in [9.17, 15) is 0 Å². The van der Waals surface area contributed by atoms with Gasteiger partial charge in [0, 0.05) is 0 Å². The van der Waals surface area contributed by atoms with E-state index in [-0.39, 0.29) is 78.8 Å². The summed E-state index contributed by atoms with van der Waals surface area (Å²) in [7, 11) is 0. The van der Waals surface area contributed by atoms with Gasteiger partial charge in [-0.25, -0.2) is 0 Å². The maximum absolute atomic E-state index is 7.18. The Kier molecular flexibility index (Phi) is 1120. The summed E-state index contributed by atoms with van der Waals surface area (Å²) in [6, 6.07) is 0. The van der Waals surface area contributed by atoms with E-state index in [2.05, 4.69) is 12.6 Å². The molecule has 0 unspecified atom stereocenters. The molecule has 0 spiro atoms. The van der Waals surface area contributed by atoms with Gasteiger partial charge in [0.15, 0.2) is 0 Å². The van der Waals surface area contributed by atoms with Gasteiger partial charge in [0.2, 0.25) is 0 Å². The Morgan fingerprint density at radius 2 is 0.889 bits per heavy atom. The zero-order valence-corrected chi connectivity index (χ0v) is 4.79. The molecule has 10 N–H and O–H groups in total. The van der Waals surface area contributed by atoms with Gasteiger partial charge in [-0.3, -0.25) is 0 Å². The molecule has 8 heteroatoms. The Bertz CT molecular complexity index is 38.4. The van der Waals surface area contributed by atoms with E-state index in [0.29, 0.717) is 0 Å². The van der Waals surface area contributed by atoms with Crippen molar-refractivity contribution in [1.29, 1.82) is 5.26 Å². The molecule has 0 aliphatic heterocycles. The summed E-state index contributed by atoms with van der Waals surface area (Å²) >= 11 is 3.09. The van der Waals surface area contributed by atoms with Gasteiger partial charge in [-0.1, -0.05) is 12.6 Å². The first-order valence-corrected chi connectivity index (χ1v) is 0.894. The first-order chi connectivity index (χ1) is 1.41. The van der Waals surface area contributed by atoms with Crippen LogP contribution >= 0.6 is 12.6 Å². The summed E-state index contributed by atoms with van der Waals surface area (Å²) in [4.78, 5) is 0. The number of thiocyanates is 1. The number of hydrogen-bond donors (Lipinski definition) is 1. The molecule has 0 aliphatic rings. The van der Waals surface area contributed by atoms with Gasteiger partial charge < -0.3 is 27.4 Å². The van der Waals surface area contributed by atoms with Gasteiger partial charge in [-0.05, 0) is 0 Å². The van der Waals surface area contributed by atoms with Crippen molar-refractivity contribution in [2.24, 2.45) is 0 Å². The number of hydrogen-bond acceptors (Lipinski definition) is 2. The van der Waals surface area contributed by atoms with Crippen LogP contribution in [0.25, 0.3) is 0 Å². The first kappa shape index (κ1) is 82.4. The van der Waals surface area contributed by atoms with Crippen LogP contribution in [0.4, 0.5) is 0 Å². The van der Waals surface area contributed by atoms with Crippen LogP contribution in [0.5, 0.6) is 0 Å². The Morgan fingerprint density at radius 3 is 0.889 bits per heavy atom. The SMILES string of the molecule is N#CS.O.O.O.O.O.[KH]. The number of rotatable bonds is 0. The van der Waals surface area contributed by atoms with Crippen LogP contribution in [0.2, 0.25) is 0 Å². The second kappa shape index (κ2) is 123. The van der Waals surface area contributed by atoms with Crippen LogP contribution in [0.1, 0.15) is 0 Å². The van der Waals surface area contributed by atoms with Gasteiger partial charge in [0.1, 0.15) is 5.40 Å². The van der Waals surface area contributed by atoms with E-state index in [4.69, 9.17) is 5.26 Å². The van der Waals surface area contributed by atoms with Gasteiger partial charge in [-0.15, -0.1) is 0 Å². The predicted molar refractivity (Wildman–Crippen MR) is 39.8 cm³/mol. The van der Waals surface area contributed by atoms with E-state index in [1.807, 2.05) is 0 Å². The van der Waals surface area contributed by atoms with Crippen LogP contribution in [-0.4, -0.2) is 78.8 Å². The van der Waals surface area contributed by atoms with Crippen molar-refractivity contribution in [2.75, 3.05) is 0 Å². The van der Waals surface area contributed by atoms with Crippen LogP contribution in [-0.2, 0) is 0 Å². The fourth-order valence-corrected chi connectivity index (χ4v) is 0. The molecular formula is CH12KNO5S. The van der Waals surface area contributed by atoms with E-state index in [0.717, 1.165) is 0 Å². The van der Waals surface area contributed by atoms with Crippen molar-refractivity contribution < 1.29 is 27.4 Å². The summed E-state index contributed by atoms with van der Waals surface area (Å²) in [5.41, 5.74) is 0. The van der Waals surface area contributed by atoms with Crippen LogP contribution < -0.4 is 0 Å². The van der Waals surface area contributed by atoms with Crippen LogP contribution in [0.15, 0.2) is 0 Å². The Balaban J connectivity index is -0.00000000133. The molecule has 0 rings (SSSR count). The molecule has 0 saturated heterocycles. The second-order valence-electron chi connectivity index (χ2n) is 0.100. The summed E-state index contributed by atoms with van der Waals surface area (Å²) < 4.78 is 0. The monoisotopic (exact) mass is 189 g/mol. The topological polar surface area (TPSA) is 181 Å². The molecule has 0 saturated carbocycles. The summed E-state index contributed by atoms with van der Waals surface area (Å²) in [6.45, 7) is 0. The Morgan fingerprint density at radius 1 is 0.889 bits per heavy atom. The van der Waals surface area contributed by atoms with E-state index in [1.165, 1.54) is 5.40 Å². The van der Waals surface area contributed by atoms with Gasteiger partial charge in [0.05, 0.1) is 0 Å². The predicted octanol–water partition coefficient (Wildman–Crippen LogP) is -4.37. The average Bonchev–Trinajstić information content (AvgIpc) is 0.918. The molecule has 0 bridgehead atoms. The normalized spacial score (nSPS) is 0.889. The zero-order valence-electron chi connectivity index (χ0n) is 3.89. The Labute approximate surface area is 101 Å². The van der Waals surface area contributed by atoms with Crippen LogP contribution in [0, 0.1) is 10.7 Å². The van der Waals surface area contributed by atoms with Crippen molar-refractivity contribution in [3.8, 4) is 5.40 Å². The third kappa shape index (κ3) is 301. The molecule has 58 valence electrons. The fraction of sp³-hybridized carbons (Fsp3) is 0. The molecular weight excluding hydrogens is 177 g/mol. The minimum atomic E-state index is 0. The molecule has 6 nitrogen and oxygen atoms in total. The molecule has 0 fully saturated rings. The molecule has 0 aromatic heterocycles. The number of thiol groups is 1. The first-order valence-electron chi connectivity index (χ1n) is 0.447. The van der Waals surface area contributed by atoms with Crippen molar-refractivity contribution in [3.05, 3.63) is 0 Å².